The lowest BCUT2D eigenvalue weighted by atomic mass is 9.98. The quantitative estimate of drug-likeness (QED) is 0.752. The molecule has 1 saturated heterocycles. The molecule has 0 bridgehead atoms. The van der Waals surface area contributed by atoms with E-state index in [1.165, 1.54) is 38.6 Å². The zero-order valence-corrected chi connectivity index (χ0v) is 9.78. The minimum absolute atomic E-state index is 0.283. The maximum absolute atomic E-state index is 8.64. The summed E-state index contributed by atoms with van der Waals surface area (Å²) in [5.41, 5.74) is 5.62. The fourth-order valence-electron chi connectivity index (χ4n) is 2.38. The predicted octanol–water partition coefficient (Wildman–Crippen LogP) is 1.88. The molecule has 86 valence electrons. The molecule has 0 amide bonds. The molecule has 0 aromatic heterocycles. The molecule has 0 aromatic carbocycles. The summed E-state index contributed by atoms with van der Waals surface area (Å²) in [4.78, 5) is 2.53. The van der Waals surface area contributed by atoms with Crippen LogP contribution in [0.5, 0.6) is 0 Å². The highest BCUT2D eigenvalue weighted by Gasteiger charge is 2.21. The number of rotatable bonds is 5. The van der Waals surface area contributed by atoms with Crippen molar-refractivity contribution in [2.24, 2.45) is 5.73 Å². The minimum Gasteiger partial charge on any atom is -0.316 e. The van der Waals surface area contributed by atoms with E-state index in [1.807, 2.05) is 0 Å². The maximum Gasteiger partial charge on any atom is 0.0940 e. The highest BCUT2D eigenvalue weighted by molar-refractivity contribution is 4.88. The number of hydrogen-bond donors (Lipinski definition) is 1. The zero-order valence-electron chi connectivity index (χ0n) is 9.78. The van der Waals surface area contributed by atoms with Crippen molar-refractivity contribution >= 4 is 0 Å². The van der Waals surface area contributed by atoms with Crippen LogP contribution >= 0.6 is 0 Å². The zero-order chi connectivity index (χ0) is 11.1. The Balaban J connectivity index is 2.32. The molecule has 0 radical (unpaired) electrons. The van der Waals surface area contributed by atoms with Gasteiger partial charge in [-0.3, -0.25) is 0 Å². The Bertz CT molecular complexity index is 207. The van der Waals surface area contributed by atoms with Crippen LogP contribution in [0.3, 0.4) is 0 Å². The lowest BCUT2D eigenvalue weighted by Crippen LogP contribution is -2.41. The number of piperidine rings is 1. The highest BCUT2D eigenvalue weighted by Crippen LogP contribution is 2.20. The van der Waals surface area contributed by atoms with Gasteiger partial charge in [-0.05, 0) is 32.2 Å². The molecule has 3 heteroatoms. The van der Waals surface area contributed by atoms with Crippen LogP contribution in [0, 0.1) is 11.3 Å². The third-order valence-electron chi connectivity index (χ3n) is 3.26. The summed E-state index contributed by atoms with van der Waals surface area (Å²) in [6, 6.07) is 2.56. The summed E-state index contributed by atoms with van der Waals surface area (Å²) in [6.45, 7) is 4.44. The topological polar surface area (TPSA) is 53.0 Å². The van der Waals surface area contributed by atoms with Crippen LogP contribution in [-0.4, -0.2) is 30.1 Å². The number of hydrogen-bond acceptors (Lipinski definition) is 3. The number of nitrogens with two attached hydrogens (primary N) is 1. The molecule has 1 fully saturated rings. The van der Waals surface area contributed by atoms with Crippen LogP contribution in [0.4, 0.5) is 0 Å². The predicted molar refractivity (Wildman–Crippen MR) is 62.3 cm³/mol. The molecule has 0 spiro atoms. The normalized spacial score (nSPS) is 24.7. The Morgan fingerprint density at radius 2 is 2.33 bits per heavy atom. The second-order valence-electron chi connectivity index (χ2n) is 4.50. The molecule has 1 aliphatic heterocycles. The van der Waals surface area contributed by atoms with Crippen molar-refractivity contribution in [3.8, 4) is 6.07 Å². The van der Waals surface area contributed by atoms with E-state index in [4.69, 9.17) is 11.0 Å². The second kappa shape index (κ2) is 6.81. The minimum atomic E-state index is -0.283. The fourth-order valence-corrected chi connectivity index (χ4v) is 2.38. The number of nitriles is 1. The molecule has 0 saturated carbocycles. The van der Waals surface area contributed by atoms with E-state index in [9.17, 15) is 0 Å². The van der Waals surface area contributed by atoms with Crippen LogP contribution < -0.4 is 5.73 Å². The summed E-state index contributed by atoms with van der Waals surface area (Å²) in [5.74, 6) is 0. The standard InChI is InChI=1S/C12H23N3/c1-2-5-12-6-3-4-8-15(12)9-7-11(14)10-13/h11-12H,2-9,14H2,1H3. The highest BCUT2D eigenvalue weighted by atomic mass is 15.2. The van der Waals surface area contributed by atoms with Crippen LogP contribution in [0.15, 0.2) is 0 Å². The van der Waals surface area contributed by atoms with Gasteiger partial charge in [0.1, 0.15) is 0 Å². The lowest BCUT2D eigenvalue weighted by molar-refractivity contribution is 0.137. The number of nitrogens with zero attached hydrogens (tertiary/aromatic N) is 2. The van der Waals surface area contributed by atoms with Crippen LogP contribution in [-0.2, 0) is 0 Å². The first-order valence-corrected chi connectivity index (χ1v) is 6.17. The summed E-state index contributed by atoms with van der Waals surface area (Å²) >= 11 is 0. The van der Waals surface area contributed by atoms with E-state index < -0.39 is 0 Å². The SMILES string of the molecule is CCCC1CCCCN1CCC(N)C#N. The first-order chi connectivity index (χ1) is 7.27. The van der Waals surface area contributed by atoms with Gasteiger partial charge in [0.05, 0.1) is 12.1 Å². The molecule has 15 heavy (non-hydrogen) atoms. The van der Waals surface area contributed by atoms with Gasteiger partial charge in [0.15, 0.2) is 0 Å². The number of likely N-dealkylation sites (tertiary alicyclic amines) is 1. The van der Waals surface area contributed by atoms with Gasteiger partial charge >= 0.3 is 0 Å². The Morgan fingerprint density at radius 3 is 3.00 bits per heavy atom. The van der Waals surface area contributed by atoms with Crippen molar-refractivity contribution in [3.05, 3.63) is 0 Å². The van der Waals surface area contributed by atoms with Gasteiger partial charge in [0.2, 0.25) is 0 Å². The molecule has 2 N–H and O–H groups in total. The average molecular weight is 209 g/mol. The van der Waals surface area contributed by atoms with Crippen molar-refractivity contribution in [3.63, 3.8) is 0 Å². The monoisotopic (exact) mass is 209 g/mol. The van der Waals surface area contributed by atoms with E-state index >= 15 is 0 Å². The van der Waals surface area contributed by atoms with Gasteiger partial charge in [0, 0.05) is 12.6 Å². The van der Waals surface area contributed by atoms with Crippen LogP contribution in [0.2, 0.25) is 0 Å². The largest absolute Gasteiger partial charge is 0.316 e. The van der Waals surface area contributed by atoms with Gasteiger partial charge in [-0.15, -0.1) is 0 Å². The molecule has 0 aliphatic carbocycles. The van der Waals surface area contributed by atoms with Crippen molar-refractivity contribution in [2.45, 2.75) is 57.5 Å². The fraction of sp³-hybridized carbons (Fsp3) is 0.917. The van der Waals surface area contributed by atoms with Crippen molar-refractivity contribution in [2.75, 3.05) is 13.1 Å². The van der Waals surface area contributed by atoms with Crippen molar-refractivity contribution in [1.82, 2.24) is 4.90 Å². The Kier molecular flexibility index (Phi) is 5.67. The first-order valence-electron chi connectivity index (χ1n) is 6.17. The summed E-state index contributed by atoms with van der Waals surface area (Å²) < 4.78 is 0. The average Bonchev–Trinajstić information content (AvgIpc) is 2.28. The maximum atomic E-state index is 8.64. The third kappa shape index (κ3) is 4.19. The van der Waals surface area contributed by atoms with Crippen molar-refractivity contribution in [1.29, 1.82) is 5.26 Å². The van der Waals surface area contributed by atoms with E-state index in [-0.39, 0.29) is 6.04 Å². The summed E-state index contributed by atoms with van der Waals surface area (Å²) in [6.07, 6.45) is 7.37. The van der Waals surface area contributed by atoms with Gasteiger partial charge < -0.3 is 10.6 Å². The molecule has 2 unspecified atom stereocenters. The van der Waals surface area contributed by atoms with Crippen molar-refractivity contribution < 1.29 is 0 Å². The Morgan fingerprint density at radius 1 is 1.53 bits per heavy atom. The molecule has 2 atom stereocenters. The van der Waals surface area contributed by atoms with Crippen LogP contribution in [0.1, 0.15) is 45.4 Å². The van der Waals surface area contributed by atoms with Gasteiger partial charge in [-0.2, -0.15) is 5.26 Å². The van der Waals surface area contributed by atoms with E-state index in [1.54, 1.807) is 0 Å². The Labute approximate surface area is 93.2 Å². The molecule has 3 nitrogen and oxygen atoms in total. The molecule has 1 aliphatic rings. The van der Waals surface area contributed by atoms with Gasteiger partial charge in [-0.25, -0.2) is 0 Å². The Hall–Kier alpha value is -0.590. The summed E-state index contributed by atoms with van der Waals surface area (Å²) in [7, 11) is 0. The smallest absolute Gasteiger partial charge is 0.0940 e. The van der Waals surface area contributed by atoms with E-state index in [0.717, 1.165) is 19.0 Å². The summed E-state index contributed by atoms with van der Waals surface area (Å²) in [5, 5.41) is 8.64. The van der Waals surface area contributed by atoms with Gasteiger partial charge in [-0.1, -0.05) is 19.8 Å². The molecule has 1 rings (SSSR count). The van der Waals surface area contributed by atoms with Crippen LogP contribution in [0.25, 0.3) is 0 Å². The molecular weight excluding hydrogens is 186 g/mol. The van der Waals surface area contributed by atoms with E-state index in [2.05, 4.69) is 17.9 Å². The molecular formula is C12H23N3. The van der Waals surface area contributed by atoms with E-state index in [0.29, 0.717) is 0 Å². The molecule has 0 aromatic rings. The lowest BCUT2D eigenvalue weighted by Gasteiger charge is -2.35. The second-order valence-corrected chi connectivity index (χ2v) is 4.50. The third-order valence-corrected chi connectivity index (χ3v) is 3.26. The van der Waals surface area contributed by atoms with Gasteiger partial charge in [0.25, 0.3) is 0 Å². The molecule has 1 heterocycles. The first kappa shape index (κ1) is 12.5.